The van der Waals surface area contributed by atoms with Gasteiger partial charge in [-0.05, 0) is 60.2 Å². The molecule has 5 heteroatoms. The molecule has 1 aliphatic carbocycles. The molecule has 1 aliphatic heterocycles. The highest BCUT2D eigenvalue weighted by molar-refractivity contribution is 6.07. The molecule has 5 nitrogen and oxygen atoms in total. The Morgan fingerprint density at radius 3 is 2.36 bits per heavy atom. The van der Waals surface area contributed by atoms with Crippen molar-refractivity contribution >= 4 is 23.1 Å². The van der Waals surface area contributed by atoms with Crippen molar-refractivity contribution in [1.29, 1.82) is 0 Å². The van der Waals surface area contributed by atoms with Crippen LogP contribution < -0.4 is 15.0 Å². The number of hydrogen-bond acceptors (Lipinski definition) is 4. The molecule has 2 atom stereocenters. The van der Waals surface area contributed by atoms with Crippen molar-refractivity contribution in [1.82, 2.24) is 0 Å². The minimum atomic E-state index is -0.527. The summed E-state index contributed by atoms with van der Waals surface area (Å²) in [4.78, 5) is 29.6. The quantitative estimate of drug-likeness (QED) is 0.459. The van der Waals surface area contributed by atoms with Gasteiger partial charge in [0.2, 0.25) is 5.91 Å². The molecule has 5 rings (SSSR count). The molecule has 184 valence electrons. The van der Waals surface area contributed by atoms with E-state index >= 15 is 0 Å². The number of allylic oxidation sites excluding steroid dienone is 1. The monoisotopic (exact) mass is 480 g/mol. The highest BCUT2D eigenvalue weighted by Crippen LogP contribution is 2.48. The van der Waals surface area contributed by atoms with Gasteiger partial charge in [0.1, 0.15) is 5.75 Å². The molecule has 0 aromatic heterocycles. The molecule has 0 fully saturated rings. The Bertz CT molecular complexity index is 1330. The van der Waals surface area contributed by atoms with Crippen LogP contribution in [-0.2, 0) is 9.59 Å². The molecule has 0 radical (unpaired) electrons. The fraction of sp³-hybridized carbons (Fsp3) is 0.290. The number of ketones is 1. The molecule has 36 heavy (non-hydrogen) atoms. The third-order valence-electron chi connectivity index (χ3n) is 7.17. The summed E-state index contributed by atoms with van der Waals surface area (Å²) in [5, 5.41) is 3.61. The van der Waals surface area contributed by atoms with Gasteiger partial charge in [0, 0.05) is 23.6 Å². The molecule has 0 saturated carbocycles. The van der Waals surface area contributed by atoms with Crippen LogP contribution in [0.1, 0.15) is 55.3 Å². The molecule has 0 bridgehead atoms. The first-order valence-electron chi connectivity index (χ1n) is 12.5. The number of aryl methyl sites for hydroxylation is 1. The van der Waals surface area contributed by atoms with Crippen LogP contribution in [0.3, 0.4) is 0 Å². The van der Waals surface area contributed by atoms with Crippen molar-refractivity contribution in [3.63, 3.8) is 0 Å². The highest BCUT2D eigenvalue weighted by Gasteiger charge is 2.42. The lowest BCUT2D eigenvalue weighted by Gasteiger charge is -2.36. The van der Waals surface area contributed by atoms with Crippen LogP contribution in [0.15, 0.2) is 84.1 Å². The summed E-state index contributed by atoms with van der Waals surface area (Å²) in [5.41, 5.74) is 6.32. The number of rotatable bonds is 4. The number of carbonyl (C=O) groups is 2. The largest absolute Gasteiger partial charge is 0.497 e. The van der Waals surface area contributed by atoms with Gasteiger partial charge < -0.3 is 10.1 Å². The lowest BCUT2D eigenvalue weighted by molar-refractivity contribution is -0.121. The van der Waals surface area contributed by atoms with Gasteiger partial charge >= 0.3 is 0 Å². The van der Waals surface area contributed by atoms with Crippen molar-refractivity contribution in [2.24, 2.45) is 5.92 Å². The van der Waals surface area contributed by atoms with Crippen molar-refractivity contribution in [2.75, 3.05) is 17.3 Å². The smallest absolute Gasteiger partial charge is 0.230 e. The number of methoxy groups -OCH3 is 1. The molecule has 1 heterocycles. The molecule has 1 amide bonds. The number of carbonyl (C=O) groups excluding carboxylic acids is 2. The lowest BCUT2D eigenvalue weighted by Crippen LogP contribution is -2.40. The lowest BCUT2D eigenvalue weighted by atomic mass is 9.78. The van der Waals surface area contributed by atoms with E-state index in [9.17, 15) is 9.59 Å². The number of amides is 1. The molecule has 0 saturated heterocycles. The van der Waals surface area contributed by atoms with Crippen LogP contribution in [0.5, 0.6) is 5.75 Å². The number of fused-ring (bicyclic) bond motifs is 1. The minimum Gasteiger partial charge on any atom is -0.497 e. The summed E-state index contributed by atoms with van der Waals surface area (Å²) in [6.07, 6.45) is 1.12. The predicted octanol–water partition coefficient (Wildman–Crippen LogP) is 6.56. The zero-order chi connectivity index (χ0) is 25.4. The topological polar surface area (TPSA) is 58.6 Å². The van der Waals surface area contributed by atoms with E-state index in [0.29, 0.717) is 18.4 Å². The second-order valence-corrected chi connectivity index (χ2v) is 10.0. The van der Waals surface area contributed by atoms with E-state index in [1.165, 1.54) is 0 Å². The van der Waals surface area contributed by atoms with E-state index in [-0.39, 0.29) is 23.5 Å². The van der Waals surface area contributed by atoms with Gasteiger partial charge in [0.05, 0.1) is 24.5 Å². The number of hydrogen-bond donors (Lipinski definition) is 1. The number of nitrogens with zero attached hydrogens (tertiary/aromatic N) is 1. The fourth-order valence-corrected chi connectivity index (χ4v) is 5.33. The van der Waals surface area contributed by atoms with Crippen LogP contribution in [0.25, 0.3) is 0 Å². The van der Waals surface area contributed by atoms with Gasteiger partial charge in [-0.2, -0.15) is 0 Å². The highest BCUT2D eigenvalue weighted by atomic mass is 16.5. The van der Waals surface area contributed by atoms with Crippen molar-refractivity contribution in [3.8, 4) is 5.75 Å². The van der Waals surface area contributed by atoms with Crippen LogP contribution in [-0.4, -0.2) is 18.8 Å². The van der Waals surface area contributed by atoms with Gasteiger partial charge in [0.15, 0.2) is 5.78 Å². The first-order chi connectivity index (χ1) is 17.4. The summed E-state index contributed by atoms with van der Waals surface area (Å²) in [7, 11) is 1.63. The molecule has 1 N–H and O–H groups in total. The number of anilines is 2. The average molecular weight is 481 g/mol. The van der Waals surface area contributed by atoms with Gasteiger partial charge in [-0.3, -0.25) is 14.5 Å². The number of ether oxygens (including phenoxy) is 1. The van der Waals surface area contributed by atoms with Gasteiger partial charge in [-0.25, -0.2) is 0 Å². The van der Waals surface area contributed by atoms with E-state index in [0.717, 1.165) is 39.5 Å². The Hall–Kier alpha value is -3.86. The molecule has 0 spiro atoms. The third-order valence-corrected chi connectivity index (χ3v) is 7.17. The van der Waals surface area contributed by atoms with Crippen molar-refractivity contribution in [2.45, 2.75) is 45.6 Å². The average Bonchev–Trinajstić information content (AvgIpc) is 3.03. The van der Waals surface area contributed by atoms with Gasteiger partial charge in [0.25, 0.3) is 0 Å². The van der Waals surface area contributed by atoms with Crippen molar-refractivity contribution < 1.29 is 14.3 Å². The van der Waals surface area contributed by atoms with Crippen LogP contribution >= 0.6 is 0 Å². The Labute approximate surface area is 212 Å². The summed E-state index contributed by atoms with van der Waals surface area (Å²) in [6, 6.07) is 23.5. The van der Waals surface area contributed by atoms with E-state index in [4.69, 9.17) is 4.74 Å². The van der Waals surface area contributed by atoms with Gasteiger partial charge in [-0.15, -0.1) is 0 Å². The summed E-state index contributed by atoms with van der Waals surface area (Å²) in [6.45, 7) is 5.84. The maximum absolute atomic E-state index is 14.0. The first kappa shape index (κ1) is 23.9. The molecule has 3 aromatic carbocycles. The standard InChI is InChI=1S/C31H32N2O3/c1-19(2)31(35)33-27-16-20(3)10-15-25(27)32-26-17-23(21-8-6-5-7-9-21)18-28(34)29(26)30(33)22-11-13-24(36-4)14-12-22/h5-16,19,23,30,32H,17-18H2,1-4H3/t23-,30+/m0/s1. The molecule has 0 unspecified atom stereocenters. The first-order valence-corrected chi connectivity index (χ1v) is 12.5. The van der Waals surface area contributed by atoms with E-state index in [2.05, 4.69) is 17.4 Å². The fourth-order valence-electron chi connectivity index (χ4n) is 5.33. The summed E-state index contributed by atoms with van der Waals surface area (Å²) >= 11 is 0. The zero-order valence-corrected chi connectivity index (χ0v) is 21.2. The van der Waals surface area contributed by atoms with E-state index < -0.39 is 6.04 Å². The minimum absolute atomic E-state index is 0.0174. The molecular formula is C31H32N2O3. The Balaban J connectivity index is 1.73. The summed E-state index contributed by atoms with van der Waals surface area (Å²) in [5.74, 6) is 0.636. The van der Waals surface area contributed by atoms with Crippen molar-refractivity contribution in [3.05, 3.63) is 101 Å². The maximum Gasteiger partial charge on any atom is 0.230 e. The Morgan fingerprint density at radius 2 is 1.69 bits per heavy atom. The predicted molar refractivity (Wildman–Crippen MR) is 143 cm³/mol. The third kappa shape index (κ3) is 4.30. The van der Waals surface area contributed by atoms with Crippen LogP contribution in [0.4, 0.5) is 11.4 Å². The zero-order valence-electron chi connectivity index (χ0n) is 21.2. The number of benzene rings is 3. The van der Waals surface area contributed by atoms with E-state index in [1.807, 2.05) is 86.3 Å². The number of Topliss-reactive ketones (excluding diaryl/α,β-unsaturated/α-hetero) is 1. The number of nitrogens with one attached hydrogen (secondary N) is 1. The van der Waals surface area contributed by atoms with Crippen LogP contribution in [0, 0.1) is 12.8 Å². The molecular weight excluding hydrogens is 448 g/mol. The Kier molecular flexibility index (Phi) is 6.40. The van der Waals surface area contributed by atoms with Crippen LogP contribution in [0.2, 0.25) is 0 Å². The molecule has 2 aliphatic rings. The van der Waals surface area contributed by atoms with E-state index in [1.54, 1.807) is 7.11 Å². The summed E-state index contributed by atoms with van der Waals surface area (Å²) < 4.78 is 5.38. The second-order valence-electron chi connectivity index (χ2n) is 10.0. The second kappa shape index (κ2) is 9.65. The maximum atomic E-state index is 14.0. The SMILES string of the molecule is COc1ccc([C@@H]2C3=C(C[C@H](c4ccccc4)CC3=O)Nc3ccc(C)cc3N2C(=O)C(C)C)cc1. The van der Waals surface area contributed by atoms with Gasteiger partial charge in [-0.1, -0.05) is 62.4 Å². The Morgan fingerprint density at radius 1 is 0.972 bits per heavy atom. The normalized spacial score (nSPS) is 19.4. The molecule has 3 aromatic rings.